The van der Waals surface area contributed by atoms with Crippen LogP contribution in [0.1, 0.15) is 19.3 Å². The molecule has 70 valence electrons. The fourth-order valence-corrected chi connectivity index (χ4v) is 3.41. The number of aliphatic hydroxyl groups excluding tert-OH is 1. The van der Waals surface area contributed by atoms with Crippen LogP contribution in [0.15, 0.2) is 0 Å². The van der Waals surface area contributed by atoms with E-state index in [1.165, 1.54) is 24.3 Å². The standard InChI is InChI=1S/C9H17NOS/c11-8-1-4-10-9(8)7-2-5-12-6-3-7/h7-11H,1-6H2. The monoisotopic (exact) mass is 187 g/mol. The van der Waals surface area contributed by atoms with Crippen molar-refractivity contribution in [2.24, 2.45) is 5.92 Å². The molecule has 12 heavy (non-hydrogen) atoms. The molecule has 2 nitrogen and oxygen atoms in total. The maximum atomic E-state index is 9.67. The first-order valence-electron chi connectivity index (χ1n) is 4.87. The van der Waals surface area contributed by atoms with Crippen molar-refractivity contribution in [3.05, 3.63) is 0 Å². The van der Waals surface area contributed by atoms with E-state index in [2.05, 4.69) is 5.32 Å². The summed E-state index contributed by atoms with van der Waals surface area (Å²) in [5.41, 5.74) is 0. The Morgan fingerprint density at radius 2 is 1.92 bits per heavy atom. The van der Waals surface area contributed by atoms with Crippen molar-refractivity contribution in [3.8, 4) is 0 Å². The maximum Gasteiger partial charge on any atom is 0.0708 e. The minimum atomic E-state index is -0.0712. The van der Waals surface area contributed by atoms with Crippen LogP contribution in [0.25, 0.3) is 0 Å². The third kappa shape index (κ3) is 1.78. The maximum absolute atomic E-state index is 9.67. The van der Waals surface area contributed by atoms with Gasteiger partial charge in [-0.3, -0.25) is 0 Å². The van der Waals surface area contributed by atoms with E-state index in [-0.39, 0.29) is 6.10 Å². The van der Waals surface area contributed by atoms with Crippen molar-refractivity contribution in [2.75, 3.05) is 18.1 Å². The van der Waals surface area contributed by atoms with Gasteiger partial charge in [-0.15, -0.1) is 0 Å². The van der Waals surface area contributed by atoms with E-state index in [4.69, 9.17) is 0 Å². The predicted octanol–water partition coefficient (Wildman–Crippen LogP) is 0.852. The smallest absolute Gasteiger partial charge is 0.0708 e. The number of nitrogens with one attached hydrogen (secondary N) is 1. The number of thioether (sulfide) groups is 1. The van der Waals surface area contributed by atoms with Gasteiger partial charge in [0, 0.05) is 6.04 Å². The summed E-state index contributed by atoms with van der Waals surface area (Å²) in [5.74, 6) is 3.31. The van der Waals surface area contributed by atoms with Crippen LogP contribution in [0.4, 0.5) is 0 Å². The van der Waals surface area contributed by atoms with Crippen molar-refractivity contribution in [3.63, 3.8) is 0 Å². The largest absolute Gasteiger partial charge is 0.391 e. The van der Waals surface area contributed by atoms with Crippen LogP contribution in [-0.2, 0) is 0 Å². The van der Waals surface area contributed by atoms with E-state index < -0.39 is 0 Å². The lowest BCUT2D eigenvalue weighted by molar-refractivity contribution is 0.127. The van der Waals surface area contributed by atoms with E-state index in [0.29, 0.717) is 6.04 Å². The molecule has 2 rings (SSSR count). The summed E-state index contributed by atoms with van der Waals surface area (Å²) in [6, 6.07) is 0.408. The van der Waals surface area contributed by atoms with Crippen LogP contribution < -0.4 is 5.32 Å². The summed E-state index contributed by atoms with van der Waals surface area (Å²) >= 11 is 2.05. The first-order chi connectivity index (χ1) is 5.88. The molecule has 2 saturated heterocycles. The minimum Gasteiger partial charge on any atom is -0.391 e. The summed E-state index contributed by atoms with van der Waals surface area (Å²) in [7, 11) is 0. The Balaban J connectivity index is 1.89. The van der Waals surface area contributed by atoms with Gasteiger partial charge < -0.3 is 10.4 Å². The second kappa shape index (κ2) is 3.99. The molecule has 0 spiro atoms. The number of hydrogen-bond donors (Lipinski definition) is 2. The Kier molecular flexibility index (Phi) is 2.94. The van der Waals surface area contributed by atoms with Gasteiger partial charge in [-0.25, -0.2) is 0 Å². The van der Waals surface area contributed by atoms with Crippen LogP contribution in [-0.4, -0.2) is 35.3 Å². The van der Waals surface area contributed by atoms with Gasteiger partial charge in [0.15, 0.2) is 0 Å². The van der Waals surface area contributed by atoms with Gasteiger partial charge in [0.25, 0.3) is 0 Å². The molecule has 0 bridgehead atoms. The van der Waals surface area contributed by atoms with Crippen molar-refractivity contribution in [1.29, 1.82) is 0 Å². The van der Waals surface area contributed by atoms with Gasteiger partial charge in [-0.1, -0.05) is 0 Å². The van der Waals surface area contributed by atoms with E-state index in [0.717, 1.165) is 18.9 Å². The summed E-state index contributed by atoms with van der Waals surface area (Å²) in [5, 5.41) is 13.1. The fourth-order valence-electron chi connectivity index (χ4n) is 2.27. The first kappa shape index (κ1) is 8.85. The number of aliphatic hydroxyl groups is 1. The van der Waals surface area contributed by atoms with Gasteiger partial charge >= 0.3 is 0 Å². The molecule has 0 aliphatic carbocycles. The Morgan fingerprint density at radius 3 is 2.50 bits per heavy atom. The second-order valence-electron chi connectivity index (χ2n) is 3.79. The normalized spacial score (nSPS) is 38.8. The van der Waals surface area contributed by atoms with Crippen LogP contribution in [0.3, 0.4) is 0 Å². The molecule has 2 unspecified atom stereocenters. The van der Waals surface area contributed by atoms with Gasteiger partial charge in [0.2, 0.25) is 0 Å². The quantitative estimate of drug-likeness (QED) is 0.638. The molecule has 0 saturated carbocycles. The molecular formula is C9H17NOS. The molecule has 0 aromatic carbocycles. The molecule has 0 radical (unpaired) electrons. The zero-order chi connectivity index (χ0) is 8.39. The van der Waals surface area contributed by atoms with Gasteiger partial charge in [-0.05, 0) is 43.2 Å². The topological polar surface area (TPSA) is 32.3 Å². The lowest BCUT2D eigenvalue weighted by atomic mass is 9.91. The average Bonchev–Trinajstić information content (AvgIpc) is 2.53. The molecule has 2 aliphatic heterocycles. The minimum absolute atomic E-state index is 0.0712. The molecule has 2 N–H and O–H groups in total. The van der Waals surface area contributed by atoms with E-state index in [1.54, 1.807) is 0 Å². The highest BCUT2D eigenvalue weighted by atomic mass is 32.2. The highest BCUT2D eigenvalue weighted by Gasteiger charge is 2.32. The number of hydrogen-bond acceptors (Lipinski definition) is 3. The highest BCUT2D eigenvalue weighted by molar-refractivity contribution is 7.99. The summed E-state index contributed by atoms with van der Waals surface area (Å²) in [4.78, 5) is 0. The molecule has 0 aromatic heterocycles. The van der Waals surface area contributed by atoms with E-state index >= 15 is 0 Å². The van der Waals surface area contributed by atoms with Crippen molar-refractivity contribution in [1.82, 2.24) is 5.32 Å². The molecule has 3 heteroatoms. The molecule has 2 atom stereocenters. The van der Waals surface area contributed by atoms with Crippen molar-refractivity contribution in [2.45, 2.75) is 31.4 Å². The molecule has 2 fully saturated rings. The van der Waals surface area contributed by atoms with E-state index in [9.17, 15) is 5.11 Å². The summed E-state index contributed by atoms with van der Waals surface area (Å²) in [6.07, 6.45) is 3.46. The average molecular weight is 187 g/mol. The Labute approximate surface area is 78.1 Å². The Morgan fingerprint density at radius 1 is 1.17 bits per heavy atom. The lowest BCUT2D eigenvalue weighted by Crippen LogP contribution is -2.39. The number of rotatable bonds is 1. The van der Waals surface area contributed by atoms with Gasteiger partial charge in [0.05, 0.1) is 6.10 Å². The predicted molar refractivity (Wildman–Crippen MR) is 52.5 cm³/mol. The third-order valence-electron chi connectivity index (χ3n) is 3.01. The Hall–Kier alpha value is 0.270. The van der Waals surface area contributed by atoms with Crippen LogP contribution in [0.5, 0.6) is 0 Å². The zero-order valence-electron chi connectivity index (χ0n) is 7.33. The zero-order valence-corrected chi connectivity index (χ0v) is 8.15. The van der Waals surface area contributed by atoms with Crippen molar-refractivity contribution >= 4 is 11.8 Å². The summed E-state index contributed by atoms with van der Waals surface area (Å²) < 4.78 is 0. The van der Waals surface area contributed by atoms with Gasteiger partial charge in [-0.2, -0.15) is 11.8 Å². The summed E-state index contributed by atoms with van der Waals surface area (Å²) in [6.45, 7) is 1.01. The second-order valence-corrected chi connectivity index (χ2v) is 5.01. The molecular weight excluding hydrogens is 170 g/mol. The third-order valence-corrected chi connectivity index (χ3v) is 4.06. The molecule has 2 aliphatic rings. The molecule has 0 amide bonds. The SMILES string of the molecule is OC1CCNC1C1CCSCC1. The first-order valence-corrected chi connectivity index (χ1v) is 6.02. The lowest BCUT2D eigenvalue weighted by Gasteiger charge is -2.29. The van der Waals surface area contributed by atoms with Crippen LogP contribution in [0, 0.1) is 5.92 Å². The van der Waals surface area contributed by atoms with E-state index in [1.807, 2.05) is 11.8 Å². The van der Waals surface area contributed by atoms with Crippen LogP contribution in [0.2, 0.25) is 0 Å². The molecule has 2 heterocycles. The fraction of sp³-hybridized carbons (Fsp3) is 1.00. The van der Waals surface area contributed by atoms with Gasteiger partial charge in [0.1, 0.15) is 0 Å². The van der Waals surface area contributed by atoms with Crippen LogP contribution >= 0.6 is 11.8 Å². The highest BCUT2D eigenvalue weighted by Crippen LogP contribution is 2.29. The molecule has 0 aromatic rings. The Bertz CT molecular complexity index is 147. The van der Waals surface area contributed by atoms with Crippen molar-refractivity contribution < 1.29 is 5.11 Å².